The maximum absolute atomic E-state index is 6.72. The molecule has 0 aliphatic heterocycles. The van der Waals surface area contributed by atoms with Gasteiger partial charge in [-0.05, 0) is 70.1 Å². The Kier molecular flexibility index (Phi) is 5.51. The monoisotopic (exact) mass is 597 g/mol. The van der Waals surface area contributed by atoms with Crippen LogP contribution < -0.4 is 4.90 Å². The molecular formula is C43H35NO2. The fourth-order valence-corrected chi connectivity index (χ4v) is 7.79. The van der Waals surface area contributed by atoms with E-state index in [9.17, 15) is 0 Å². The summed E-state index contributed by atoms with van der Waals surface area (Å²) in [5.41, 5.74) is 13.2. The van der Waals surface area contributed by atoms with Crippen LogP contribution in [0.3, 0.4) is 0 Å². The smallest absolute Gasteiger partial charge is 0.139 e. The molecule has 0 N–H and O–H groups in total. The normalized spacial score (nSPS) is 13.9. The fourth-order valence-electron chi connectivity index (χ4n) is 7.79. The Morgan fingerprint density at radius 2 is 1.15 bits per heavy atom. The Hall–Kier alpha value is -5.28. The second kappa shape index (κ2) is 9.37. The average molecular weight is 598 g/mol. The lowest BCUT2D eigenvalue weighted by atomic mass is 9.82. The van der Waals surface area contributed by atoms with Gasteiger partial charge in [-0.15, -0.1) is 0 Å². The molecule has 0 fully saturated rings. The van der Waals surface area contributed by atoms with Crippen LogP contribution in [-0.4, -0.2) is 0 Å². The largest absolute Gasteiger partial charge is 0.456 e. The molecule has 0 saturated heterocycles. The summed E-state index contributed by atoms with van der Waals surface area (Å²) in [5.74, 6) is 0. The maximum atomic E-state index is 6.72. The molecule has 9 rings (SSSR count). The average Bonchev–Trinajstić information content (AvgIpc) is 3.69. The molecule has 1 aliphatic carbocycles. The first kappa shape index (κ1) is 27.1. The van der Waals surface area contributed by atoms with E-state index in [0.717, 1.165) is 60.9 Å². The Bertz CT molecular complexity index is 2500. The quantitative estimate of drug-likeness (QED) is 0.203. The van der Waals surface area contributed by atoms with Gasteiger partial charge in [-0.1, -0.05) is 113 Å². The van der Waals surface area contributed by atoms with E-state index in [-0.39, 0.29) is 10.8 Å². The van der Waals surface area contributed by atoms with Crippen molar-refractivity contribution in [2.75, 3.05) is 4.90 Å². The van der Waals surface area contributed by atoms with E-state index < -0.39 is 0 Å². The zero-order chi connectivity index (χ0) is 31.4. The van der Waals surface area contributed by atoms with Crippen LogP contribution in [0.4, 0.5) is 17.1 Å². The summed E-state index contributed by atoms with van der Waals surface area (Å²) in [4.78, 5) is 2.42. The number of anilines is 3. The molecule has 8 aromatic rings. The lowest BCUT2D eigenvalue weighted by Gasteiger charge is -2.29. The molecular weight excluding hydrogens is 562 g/mol. The van der Waals surface area contributed by atoms with E-state index in [2.05, 4.69) is 155 Å². The van der Waals surface area contributed by atoms with Crippen LogP contribution in [0, 0.1) is 0 Å². The molecule has 0 amide bonds. The van der Waals surface area contributed by atoms with Crippen molar-refractivity contribution < 1.29 is 8.83 Å². The Morgan fingerprint density at radius 3 is 1.93 bits per heavy atom. The van der Waals surface area contributed by atoms with E-state index >= 15 is 0 Å². The lowest BCUT2D eigenvalue weighted by Crippen LogP contribution is -2.16. The van der Waals surface area contributed by atoms with Gasteiger partial charge in [-0.3, -0.25) is 0 Å². The van der Waals surface area contributed by atoms with Crippen molar-refractivity contribution in [3.8, 4) is 11.1 Å². The van der Waals surface area contributed by atoms with Gasteiger partial charge in [-0.2, -0.15) is 0 Å². The molecule has 0 bridgehead atoms. The molecule has 3 nitrogen and oxygen atoms in total. The van der Waals surface area contributed by atoms with Crippen LogP contribution in [0.25, 0.3) is 55.0 Å². The number of fused-ring (bicyclic) bond motifs is 9. The van der Waals surface area contributed by atoms with Gasteiger partial charge in [0.05, 0.1) is 22.1 Å². The molecule has 3 heteroatoms. The van der Waals surface area contributed by atoms with Crippen molar-refractivity contribution in [2.24, 2.45) is 0 Å². The summed E-state index contributed by atoms with van der Waals surface area (Å²) >= 11 is 0. The summed E-state index contributed by atoms with van der Waals surface area (Å²) in [5, 5.41) is 4.44. The summed E-state index contributed by atoms with van der Waals surface area (Å²) in [6, 6.07) is 43.6. The highest BCUT2D eigenvalue weighted by Gasteiger charge is 2.36. The predicted octanol–water partition coefficient (Wildman–Crippen LogP) is 12.6. The number of hydrogen-bond acceptors (Lipinski definition) is 3. The van der Waals surface area contributed by atoms with Gasteiger partial charge < -0.3 is 13.7 Å². The van der Waals surface area contributed by atoms with Crippen LogP contribution in [0.2, 0.25) is 0 Å². The van der Waals surface area contributed by atoms with Gasteiger partial charge in [0.2, 0.25) is 0 Å². The summed E-state index contributed by atoms with van der Waals surface area (Å²) in [6.07, 6.45) is 0. The number of hydrogen-bond donors (Lipinski definition) is 0. The minimum absolute atomic E-state index is 0.0604. The number of benzene rings is 6. The van der Waals surface area contributed by atoms with E-state index in [1.807, 2.05) is 6.07 Å². The third-order valence-electron chi connectivity index (χ3n) is 10.00. The third-order valence-corrected chi connectivity index (χ3v) is 10.00. The van der Waals surface area contributed by atoms with Crippen LogP contribution in [0.1, 0.15) is 51.3 Å². The van der Waals surface area contributed by atoms with Gasteiger partial charge in [0.25, 0.3) is 0 Å². The van der Waals surface area contributed by atoms with Gasteiger partial charge >= 0.3 is 0 Å². The molecule has 0 unspecified atom stereocenters. The Morgan fingerprint density at radius 1 is 0.543 bits per heavy atom. The summed E-state index contributed by atoms with van der Waals surface area (Å²) in [6.45, 7) is 11.4. The standard InChI is InChI=1S/C43H35NO2/c1-42(2,3)32-17-10-15-30-40-35(19-12-22-38(40)46-41(30)32)44(34-18-11-21-37-39(34)29-14-7-9-20-36(29)45-37)26-23-24-28-27-13-6-8-16-31(27)43(4,5)33(28)25-26/h6-25H,1-5H3. The SMILES string of the molecule is CC(C)(C)c1cccc2c1oc1cccc(N(c3ccc4c(c3)C(C)(C)c3ccccc3-4)c3cccc4oc5ccccc5c34)c12. The van der Waals surface area contributed by atoms with Crippen LogP contribution in [0.5, 0.6) is 0 Å². The van der Waals surface area contributed by atoms with Gasteiger partial charge in [0.1, 0.15) is 22.3 Å². The predicted molar refractivity (Wildman–Crippen MR) is 192 cm³/mol. The van der Waals surface area contributed by atoms with E-state index in [1.54, 1.807) is 0 Å². The number of nitrogens with zero attached hydrogens (tertiary/aromatic N) is 1. The number of para-hydroxylation sites is 2. The van der Waals surface area contributed by atoms with Crippen LogP contribution in [-0.2, 0) is 10.8 Å². The minimum atomic E-state index is -0.127. The van der Waals surface area contributed by atoms with Crippen molar-refractivity contribution in [3.63, 3.8) is 0 Å². The highest BCUT2D eigenvalue weighted by Crippen LogP contribution is 2.52. The second-order valence-corrected chi connectivity index (χ2v) is 14.2. The first-order valence-electron chi connectivity index (χ1n) is 16.1. The highest BCUT2D eigenvalue weighted by atomic mass is 16.3. The number of furan rings is 2. The third kappa shape index (κ3) is 3.72. The van der Waals surface area contributed by atoms with Crippen molar-refractivity contribution in [2.45, 2.75) is 45.4 Å². The zero-order valence-corrected chi connectivity index (χ0v) is 26.8. The van der Waals surface area contributed by atoms with Crippen LogP contribution >= 0.6 is 0 Å². The van der Waals surface area contributed by atoms with Crippen LogP contribution in [0.15, 0.2) is 130 Å². The van der Waals surface area contributed by atoms with Gasteiger partial charge in [0.15, 0.2) is 0 Å². The Labute approximate surface area is 268 Å². The fraction of sp³-hybridized carbons (Fsp3) is 0.163. The summed E-state index contributed by atoms with van der Waals surface area (Å²) < 4.78 is 13.1. The number of rotatable bonds is 3. The van der Waals surface area contributed by atoms with Gasteiger partial charge in [0, 0.05) is 27.4 Å². The molecule has 0 atom stereocenters. The maximum Gasteiger partial charge on any atom is 0.139 e. The second-order valence-electron chi connectivity index (χ2n) is 14.2. The van der Waals surface area contributed by atoms with Crippen molar-refractivity contribution in [1.82, 2.24) is 0 Å². The Balaban J connectivity index is 1.38. The molecule has 6 aromatic carbocycles. The molecule has 0 radical (unpaired) electrons. The molecule has 0 spiro atoms. The van der Waals surface area contributed by atoms with Crippen molar-refractivity contribution >= 4 is 60.9 Å². The molecule has 2 aromatic heterocycles. The van der Waals surface area contributed by atoms with Crippen molar-refractivity contribution in [1.29, 1.82) is 0 Å². The highest BCUT2D eigenvalue weighted by molar-refractivity contribution is 6.18. The first-order valence-corrected chi connectivity index (χ1v) is 16.1. The topological polar surface area (TPSA) is 29.5 Å². The van der Waals surface area contributed by atoms with Gasteiger partial charge in [-0.25, -0.2) is 0 Å². The van der Waals surface area contributed by atoms with Crippen molar-refractivity contribution in [3.05, 3.63) is 138 Å². The first-order chi connectivity index (χ1) is 22.2. The molecule has 46 heavy (non-hydrogen) atoms. The molecule has 2 heterocycles. The van der Waals surface area contributed by atoms with E-state index in [4.69, 9.17) is 8.83 Å². The van der Waals surface area contributed by atoms with E-state index in [0.29, 0.717) is 0 Å². The molecule has 1 aliphatic rings. The lowest BCUT2D eigenvalue weighted by molar-refractivity contribution is 0.573. The molecule has 224 valence electrons. The summed E-state index contributed by atoms with van der Waals surface area (Å²) in [7, 11) is 0. The van der Waals surface area contributed by atoms with E-state index in [1.165, 1.54) is 27.8 Å². The molecule has 0 saturated carbocycles. The minimum Gasteiger partial charge on any atom is -0.456 e. The zero-order valence-electron chi connectivity index (χ0n) is 26.8.